The summed E-state index contributed by atoms with van der Waals surface area (Å²) >= 11 is 6.26. The lowest BCUT2D eigenvalue weighted by molar-refractivity contribution is -0.198. The molecule has 0 bridgehead atoms. The van der Waals surface area contributed by atoms with Crippen molar-refractivity contribution in [2.24, 2.45) is 5.41 Å². The fourth-order valence-electron chi connectivity index (χ4n) is 6.15. The molecule has 4 N–H and O–H groups in total. The Kier molecular flexibility index (Phi) is 7.43. The van der Waals surface area contributed by atoms with Crippen LogP contribution >= 0.6 is 11.6 Å². The molecule has 1 aliphatic carbocycles. The number of ether oxygens (including phenoxy) is 1. The highest BCUT2D eigenvalue weighted by Gasteiger charge is 2.46. The van der Waals surface area contributed by atoms with E-state index >= 15 is 0 Å². The number of aliphatic carboxylic acids is 1. The number of benzene rings is 2. The third-order valence-electron chi connectivity index (χ3n) is 8.59. The van der Waals surface area contributed by atoms with Crippen LogP contribution in [0.4, 0.5) is 24.9 Å². The summed E-state index contributed by atoms with van der Waals surface area (Å²) < 4.78 is 49.5. The predicted molar refractivity (Wildman–Crippen MR) is 153 cm³/mol. The van der Waals surface area contributed by atoms with Gasteiger partial charge in [0.25, 0.3) is 0 Å². The molecule has 1 spiro atoms. The van der Waals surface area contributed by atoms with Crippen LogP contribution in [-0.4, -0.2) is 52.9 Å². The minimum atomic E-state index is -4.77. The third kappa shape index (κ3) is 5.98. The van der Waals surface area contributed by atoms with E-state index in [1.54, 1.807) is 6.07 Å². The van der Waals surface area contributed by atoms with Gasteiger partial charge in [-0.05, 0) is 72.3 Å². The summed E-state index contributed by atoms with van der Waals surface area (Å²) in [4.78, 5) is 21.6. The number of nitrogens with zero attached hydrogens (tertiary/aromatic N) is 3. The molecule has 3 aliphatic rings. The highest BCUT2D eigenvalue weighted by molar-refractivity contribution is 6.30. The van der Waals surface area contributed by atoms with Crippen molar-refractivity contribution in [1.29, 1.82) is 0 Å². The number of aromatic nitrogens is 2. The van der Waals surface area contributed by atoms with Crippen molar-refractivity contribution in [3.63, 3.8) is 0 Å². The smallest absolute Gasteiger partial charge is 0.429 e. The van der Waals surface area contributed by atoms with E-state index in [9.17, 15) is 23.1 Å². The molecule has 2 saturated heterocycles. The first kappa shape index (κ1) is 28.5. The van der Waals surface area contributed by atoms with Gasteiger partial charge >= 0.3 is 12.1 Å². The van der Waals surface area contributed by atoms with Crippen molar-refractivity contribution in [2.75, 3.05) is 30.3 Å². The molecule has 3 heterocycles. The number of carboxylic acid groups (broad SMARTS) is 1. The Labute approximate surface area is 246 Å². The molecule has 42 heavy (non-hydrogen) atoms. The van der Waals surface area contributed by atoms with Gasteiger partial charge < -0.3 is 25.8 Å². The van der Waals surface area contributed by atoms with E-state index in [4.69, 9.17) is 22.1 Å². The van der Waals surface area contributed by atoms with Crippen LogP contribution in [0.2, 0.25) is 5.02 Å². The van der Waals surface area contributed by atoms with Gasteiger partial charge in [0.2, 0.25) is 17.9 Å². The molecule has 222 valence electrons. The number of hydrogen-bond acceptors (Lipinski definition) is 7. The van der Waals surface area contributed by atoms with Gasteiger partial charge in [0.05, 0.1) is 0 Å². The van der Waals surface area contributed by atoms with E-state index in [0.717, 1.165) is 18.4 Å². The zero-order valence-corrected chi connectivity index (χ0v) is 23.5. The fourth-order valence-corrected chi connectivity index (χ4v) is 6.32. The maximum atomic E-state index is 14.6. The van der Waals surface area contributed by atoms with Gasteiger partial charge in [-0.2, -0.15) is 23.1 Å². The summed E-state index contributed by atoms with van der Waals surface area (Å²) in [5.41, 5.74) is 7.78. The molecule has 6 rings (SSSR count). The third-order valence-corrected chi connectivity index (χ3v) is 8.83. The monoisotopic (exact) mass is 601 g/mol. The molecule has 8 nitrogen and oxygen atoms in total. The van der Waals surface area contributed by atoms with Crippen molar-refractivity contribution in [2.45, 2.75) is 56.3 Å². The maximum absolute atomic E-state index is 14.6. The molecule has 0 amide bonds. The number of nitrogens with one attached hydrogen (secondary N) is 1. The van der Waals surface area contributed by atoms with E-state index in [1.165, 1.54) is 24.3 Å². The van der Waals surface area contributed by atoms with Gasteiger partial charge in [-0.25, -0.2) is 0 Å². The second kappa shape index (κ2) is 10.9. The minimum absolute atomic E-state index is 0.0831. The molecule has 12 heteroatoms. The summed E-state index contributed by atoms with van der Waals surface area (Å²) in [6.45, 7) is 1.70. The van der Waals surface area contributed by atoms with E-state index in [-0.39, 0.29) is 22.8 Å². The average Bonchev–Trinajstić information content (AvgIpc) is 3.72. The second-order valence-electron chi connectivity index (χ2n) is 11.6. The largest absolute Gasteiger partial charge is 0.480 e. The van der Waals surface area contributed by atoms with E-state index in [0.29, 0.717) is 66.8 Å². The summed E-state index contributed by atoms with van der Waals surface area (Å²) in [5, 5.41) is 12.7. The summed E-state index contributed by atoms with van der Waals surface area (Å²) in [7, 11) is 0. The van der Waals surface area contributed by atoms with Crippen molar-refractivity contribution in [3.05, 3.63) is 64.7 Å². The number of carboxylic acids is 1. The number of carbonyl (C=O) groups is 1. The van der Waals surface area contributed by atoms with Gasteiger partial charge in [0.15, 0.2) is 0 Å². The molecule has 2 aliphatic heterocycles. The normalized spacial score (nSPS) is 21.0. The Morgan fingerprint density at radius 2 is 1.90 bits per heavy atom. The van der Waals surface area contributed by atoms with Crippen LogP contribution in [0.3, 0.4) is 0 Å². The number of anilines is 2. The van der Waals surface area contributed by atoms with Crippen LogP contribution in [0.5, 0.6) is 5.88 Å². The summed E-state index contributed by atoms with van der Waals surface area (Å²) in [6.07, 6.45) is -3.02. The van der Waals surface area contributed by atoms with E-state index in [1.807, 2.05) is 23.1 Å². The van der Waals surface area contributed by atoms with Crippen LogP contribution in [0.1, 0.15) is 55.3 Å². The standard InChI is InChI=1S/C30H31ClF3N5O3/c31-20-6-7-21(22(13-20)19-3-1-2-18(12-19)17-4-5-17)26(30(32,33)34)42-25-14-24(37-28(35)38-25)39-10-8-29(9-11-39)15-23(27(40)41)36-16-29/h1-3,6-7,12-14,17,23,26,36H,4-5,8-11,15-16H2,(H,40,41)(H2,35,37,38). The molecular weight excluding hydrogens is 571 g/mol. The minimum Gasteiger partial charge on any atom is -0.480 e. The first-order valence-corrected chi connectivity index (χ1v) is 14.4. The van der Waals surface area contributed by atoms with Crippen LogP contribution in [0, 0.1) is 5.41 Å². The Morgan fingerprint density at radius 3 is 2.57 bits per heavy atom. The lowest BCUT2D eigenvalue weighted by Gasteiger charge is -2.39. The second-order valence-corrected chi connectivity index (χ2v) is 12.0. The van der Waals surface area contributed by atoms with Crippen LogP contribution < -0.4 is 20.7 Å². The number of rotatable bonds is 7. The molecule has 1 saturated carbocycles. The van der Waals surface area contributed by atoms with E-state index < -0.39 is 24.3 Å². The number of piperidine rings is 1. The average molecular weight is 602 g/mol. The number of hydrogen-bond donors (Lipinski definition) is 3. The van der Waals surface area contributed by atoms with Crippen molar-refractivity contribution >= 4 is 29.3 Å². The van der Waals surface area contributed by atoms with Gasteiger partial charge in [-0.1, -0.05) is 41.9 Å². The first-order chi connectivity index (χ1) is 20.0. The molecule has 1 aromatic heterocycles. The maximum Gasteiger partial charge on any atom is 0.429 e. The lowest BCUT2D eigenvalue weighted by atomic mass is 9.76. The lowest BCUT2D eigenvalue weighted by Crippen LogP contribution is -2.41. The van der Waals surface area contributed by atoms with Crippen LogP contribution in [-0.2, 0) is 4.79 Å². The Balaban J connectivity index is 1.27. The fraction of sp³-hybridized carbons (Fsp3) is 0.433. The SMILES string of the molecule is Nc1nc(OC(c2ccc(Cl)cc2-c2cccc(C3CC3)c2)C(F)(F)F)cc(N2CCC3(CC2)CNC(C(=O)O)C3)n1. The predicted octanol–water partition coefficient (Wildman–Crippen LogP) is 5.97. The molecule has 0 radical (unpaired) electrons. The Hall–Kier alpha value is -3.57. The topological polar surface area (TPSA) is 114 Å². The molecule has 3 aromatic rings. The Bertz CT molecular complexity index is 1490. The highest BCUT2D eigenvalue weighted by atomic mass is 35.5. The zero-order valence-electron chi connectivity index (χ0n) is 22.7. The number of nitrogen functional groups attached to an aromatic ring is 1. The molecule has 3 fully saturated rings. The quantitative estimate of drug-likeness (QED) is 0.303. The molecule has 2 unspecified atom stereocenters. The van der Waals surface area contributed by atoms with Gasteiger partial charge in [-0.15, -0.1) is 0 Å². The molecular formula is C30H31ClF3N5O3. The van der Waals surface area contributed by atoms with Crippen molar-refractivity contribution in [3.8, 4) is 17.0 Å². The number of halogens is 4. The highest BCUT2D eigenvalue weighted by Crippen LogP contribution is 2.45. The van der Waals surface area contributed by atoms with Crippen LogP contribution in [0.25, 0.3) is 11.1 Å². The van der Waals surface area contributed by atoms with Crippen LogP contribution in [0.15, 0.2) is 48.5 Å². The Morgan fingerprint density at radius 1 is 1.14 bits per heavy atom. The first-order valence-electron chi connectivity index (χ1n) is 14.0. The van der Waals surface area contributed by atoms with E-state index in [2.05, 4.69) is 15.3 Å². The zero-order chi connectivity index (χ0) is 29.6. The number of alkyl halides is 3. The summed E-state index contributed by atoms with van der Waals surface area (Å²) in [6, 6.07) is 12.6. The summed E-state index contributed by atoms with van der Waals surface area (Å²) in [5.74, 6) is -0.564. The van der Waals surface area contributed by atoms with Gasteiger partial charge in [0, 0.05) is 36.3 Å². The number of nitrogens with two attached hydrogens (primary N) is 1. The van der Waals surface area contributed by atoms with Gasteiger partial charge in [-0.3, -0.25) is 4.79 Å². The molecule has 2 aromatic carbocycles. The van der Waals surface area contributed by atoms with Crippen molar-refractivity contribution < 1.29 is 27.8 Å². The van der Waals surface area contributed by atoms with Gasteiger partial charge in [0.1, 0.15) is 11.9 Å². The van der Waals surface area contributed by atoms with Crippen molar-refractivity contribution in [1.82, 2.24) is 15.3 Å². The molecule has 2 atom stereocenters.